The summed E-state index contributed by atoms with van der Waals surface area (Å²) >= 11 is 0. The van der Waals surface area contributed by atoms with Gasteiger partial charge in [-0.05, 0) is 39.7 Å². The van der Waals surface area contributed by atoms with Crippen LogP contribution in [0.4, 0.5) is 4.79 Å². The molecule has 1 fully saturated rings. The van der Waals surface area contributed by atoms with E-state index in [2.05, 4.69) is 6.92 Å². The molecule has 0 radical (unpaired) electrons. The Balaban J connectivity index is 2.39. The highest BCUT2D eigenvalue weighted by Gasteiger charge is 2.63. The average molecular weight is 448 g/mol. The Morgan fingerprint density at radius 1 is 1.12 bits per heavy atom. The first-order valence-electron chi connectivity index (χ1n) is 11.3. The first kappa shape index (κ1) is 25.8. The Hall–Kier alpha value is -2.41. The largest absolute Gasteiger partial charge is 0.460 e. The van der Waals surface area contributed by atoms with Gasteiger partial charge in [-0.1, -0.05) is 56.5 Å². The summed E-state index contributed by atoms with van der Waals surface area (Å²) in [7, 11) is 1.48. The van der Waals surface area contributed by atoms with E-state index in [9.17, 15) is 14.4 Å². The SMILES string of the molecule is CCCCC[C@H]1N(C(=O)OC(C)(C)C)C(=O)C(COC)[C@]1(C)C(=O)OCc1ccccc1. The minimum atomic E-state index is -1.24. The summed E-state index contributed by atoms with van der Waals surface area (Å²) in [6.07, 6.45) is 2.44. The van der Waals surface area contributed by atoms with E-state index in [1.807, 2.05) is 30.3 Å². The maximum atomic E-state index is 13.5. The normalized spacial score (nSPS) is 23.3. The third-order valence-corrected chi connectivity index (χ3v) is 5.92. The number of carbonyl (C=O) groups is 3. The van der Waals surface area contributed by atoms with Gasteiger partial charge in [0.05, 0.1) is 24.0 Å². The summed E-state index contributed by atoms with van der Waals surface area (Å²) in [6, 6.07) is 8.70. The molecule has 0 N–H and O–H groups in total. The van der Waals surface area contributed by atoms with Crippen molar-refractivity contribution in [2.75, 3.05) is 13.7 Å². The first-order chi connectivity index (χ1) is 15.1. The quantitative estimate of drug-likeness (QED) is 0.402. The molecular weight excluding hydrogens is 410 g/mol. The second-order valence-electron chi connectivity index (χ2n) is 9.55. The molecule has 1 aromatic rings. The Morgan fingerprint density at radius 3 is 2.34 bits per heavy atom. The van der Waals surface area contributed by atoms with Gasteiger partial charge in [-0.2, -0.15) is 0 Å². The van der Waals surface area contributed by atoms with Crippen LogP contribution in [-0.4, -0.2) is 48.2 Å². The molecule has 1 unspecified atom stereocenters. The fourth-order valence-electron chi connectivity index (χ4n) is 4.19. The molecule has 1 aliphatic rings. The van der Waals surface area contributed by atoms with Gasteiger partial charge in [0.15, 0.2) is 0 Å². The minimum Gasteiger partial charge on any atom is -0.460 e. The summed E-state index contributed by atoms with van der Waals surface area (Å²) in [6.45, 7) is 9.14. The molecule has 1 aliphatic heterocycles. The van der Waals surface area contributed by atoms with E-state index in [-0.39, 0.29) is 13.2 Å². The Bertz CT molecular complexity index is 787. The van der Waals surface area contributed by atoms with Crippen molar-refractivity contribution in [1.29, 1.82) is 0 Å². The van der Waals surface area contributed by atoms with Crippen molar-refractivity contribution < 1.29 is 28.6 Å². The van der Waals surface area contributed by atoms with Crippen LogP contribution in [0.1, 0.15) is 65.9 Å². The third kappa shape index (κ3) is 5.88. The van der Waals surface area contributed by atoms with Crippen molar-refractivity contribution in [3.05, 3.63) is 35.9 Å². The highest BCUT2D eigenvalue weighted by molar-refractivity contribution is 6.01. The average Bonchev–Trinajstić information content (AvgIpc) is 2.94. The van der Waals surface area contributed by atoms with Crippen molar-refractivity contribution in [2.45, 2.75) is 78.6 Å². The smallest absolute Gasteiger partial charge is 0.417 e. The Morgan fingerprint density at radius 2 is 1.78 bits per heavy atom. The summed E-state index contributed by atoms with van der Waals surface area (Å²) in [5.41, 5.74) is -1.16. The molecule has 0 spiro atoms. The second kappa shape index (κ2) is 10.9. The van der Waals surface area contributed by atoms with E-state index in [0.29, 0.717) is 6.42 Å². The lowest BCUT2D eigenvalue weighted by Crippen LogP contribution is -2.49. The standard InChI is InChI=1S/C25H37NO6/c1-7-8-10-15-20-25(5,22(28)31-16-18-13-11-9-12-14-18)19(17-30-6)21(27)26(20)23(29)32-24(2,3)4/h9,11-14,19-20H,7-8,10,15-17H2,1-6H3/t19?,20-,25+/m1/s1. The minimum absolute atomic E-state index is 0.0132. The van der Waals surface area contributed by atoms with Gasteiger partial charge in [0.1, 0.15) is 12.2 Å². The highest BCUT2D eigenvalue weighted by atomic mass is 16.6. The van der Waals surface area contributed by atoms with E-state index in [4.69, 9.17) is 14.2 Å². The molecule has 1 heterocycles. The molecule has 32 heavy (non-hydrogen) atoms. The summed E-state index contributed by atoms with van der Waals surface area (Å²) in [5, 5.41) is 0. The lowest BCUT2D eigenvalue weighted by atomic mass is 9.73. The van der Waals surface area contributed by atoms with Gasteiger partial charge in [-0.3, -0.25) is 9.59 Å². The van der Waals surface area contributed by atoms with Crippen LogP contribution < -0.4 is 0 Å². The zero-order valence-electron chi connectivity index (χ0n) is 20.2. The van der Waals surface area contributed by atoms with Crippen LogP contribution in [0.25, 0.3) is 0 Å². The van der Waals surface area contributed by atoms with Crippen LogP contribution in [0.3, 0.4) is 0 Å². The van der Waals surface area contributed by atoms with Crippen LogP contribution in [-0.2, 0) is 30.4 Å². The second-order valence-corrected chi connectivity index (χ2v) is 9.55. The van der Waals surface area contributed by atoms with E-state index in [1.54, 1.807) is 27.7 Å². The Labute approximate surface area is 191 Å². The predicted octanol–water partition coefficient (Wildman–Crippen LogP) is 4.72. The molecule has 2 amide bonds. The number of hydrogen-bond donors (Lipinski definition) is 0. The van der Waals surface area contributed by atoms with Gasteiger partial charge in [0.25, 0.3) is 0 Å². The number of ether oxygens (including phenoxy) is 3. The number of esters is 1. The van der Waals surface area contributed by atoms with Gasteiger partial charge in [0.2, 0.25) is 5.91 Å². The van der Waals surface area contributed by atoms with E-state index in [0.717, 1.165) is 29.7 Å². The van der Waals surface area contributed by atoms with Crippen molar-refractivity contribution >= 4 is 18.0 Å². The number of benzene rings is 1. The van der Waals surface area contributed by atoms with Gasteiger partial charge >= 0.3 is 12.1 Å². The molecule has 1 saturated heterocycles. The zero-order chi connectivity index (χ0) is 23.9. The monoisotopic (exact) mass is 447 g/mol. The molecule has 7 heteroatoms. The maximum Gasteiger partial charge on any atom is 0.417 e. The molecular formula is C25H37NO6. The lowest BCUT2D eigenvalue weighted by Gasteiger charge is -2.34. The van der Waals surface area contributed by atoms with Gasteiger partial charge in [0, 0.05) is 7.11 Å². The van der Waals surface area contributed by atoms with Gasteiger partial charge < -0.3 is 14.2 Å². The molecule has 0 saturated carbocycles. The number of rotatable bonds is 9. The van der Waals surface area contributed by atoms with E-state index < -0.39 is 40.9 Å². The zero-order valence-corrected chi connectivity index (χ0v) is 20.2. The third-order valence-electron chi connectivity index (χ3n) is 5.92. The maximum absolute atomic E-state index is 13.5. The number of hydrogen-bond acceptors (Lipinski definition) is 6. The summed E-state index contributed by atoms with van der Waals surface area (Å²) in [4.78, 5) is 41.0. The van der Waals surface area contributed by atoms with E-state index >= 15 is 0 Å². The lowest BCUT2D eigenvalue weighted by molar-refractivity contribution is -0.162. The van der Waals surface area contributed by atoms with Gasteiger partial charge in [-0.25, -0.2) is 9.69 Å². The number of likely N-dealkylation sites (tertiary alicyclic amines) is 1. The summed E-state index contributed by atoms with van der Waals surface area (Å²) < 4.78 is 16.5. The van der Waals surface area contributed by atoms with Crippen LogP contribution in [0.15, 0.2) is 30.3 Å². The highest BCUT2D eigenvalue weighted by Crippen LogP contribution is 2.46. The van der Waals surface area contributed by atoms with Crippen LogP contribution >= 0.6 is 0 Å². The number of carbonyl (C=O) groups excluding carboxylic acids is 3. The van der Waals surface area contributed by atoms with Crippen LogP contribution in [0.5, 0.6) is 0 Å². The molecule has 3 atom stereocenters. The van der Waals surface area contributed by atoms with Crippen LogP contribution in [0.2, 0.25) is 0 Å². The predicted molar refractivity (Wildman–Crippen MR) is 121 cm³/mol. The Kier molecular flexibility index (Phi) is 8.84. The van der Waals surface area contributed by atoms with Crippen molar-refractivity contribution in [3.8, 4) is 0 Å². The van der Waals surface area contributed by atoms with Gasteiger partial charge in [-0.15, -0.1) is 0 Å². The fourth-order valence-corrected chi connectivity index (χ4v) is 4.19. The topological polar surface area (TPSA) is 82.1 Å². The molecule has 2 rings (SSSR count). The number of methoxy groups -OCH3 is 1. The first-order valence-corrected chi connectivity index (χ1v) is 11.3. The van der Waals surface area contributed by atoms with E-state index in [1.165, 1.54) is 7.11 Å². The molecule has 0 aromatic heterocycles. The molecule has 178 valence electrons. The molecule has 7 nitrogen and oxygen atoms in total. The number of nitrogens with zero attached hydrogens (tertiary/aromatic N) is 1. The number of imide groups is 1. The van der Waals surface area contributed by atoms with Crippen molar-refractivity contribution in [1.82, 2.24) is 4.90 Å². The molecule has 0 bridgehead atoms. The number of amides is 2. The molecule has 1 aromatic carbocycles. The molecule has 0 aliphatic carbocycles. The summed E-state index contributed by atoms with van der Waals surface area (Å²) in [5.74, 6) is -1.80. The van der Waals surface area contributed by atoms with Crippen LogP contribution in [0, 0.1) is 11.3 Å². The number of unbranched alkanes of at least 4 members (excludes halogenated alkanes) is 2. The van der Waals surface area contributed by atoms with Crippen molar-refractivity contribution in [2.24, 2.45) is 11.3 Å². The fraction of sp³-hybridized carbons (Fsp3) is 0.640. The van der Waals surface area contributed by atoms with Crippen molar-refractivity contribution in [3.63, 3.8) is 0 Å².